The molecule has 6 nitrogen and oxygen atoms in total. The van der Waals surface area contributed by atoms with E-state index in [1.54, 1.807) is 41.5 Å². The van der Waals surface area contributed by atoms with Crippen molar-refractivity contribution < 1.29 is 23.9 Å². The van der Waals surface area contributed by atoms with Gasteiger partial charge in [-0.15, -0.1) is 0 Å². The molecule has 2 atom stereocenters. The molecule has 0 fully saturated rings. The number of carbonyl (C=O) groups excluding carboxylic acids is 3. The topological polar surface area (TPSA) is 81.7 Å². The number of carbonyl (C=O) groups is 3. The van der Waals surface area contributed by atoms with E-state index in [0.717, 1.165) is 0 Å². The first-order chi connectivity index (χ1) is 10.1. The molecule has 23 heavy (non-hydrogen) atoms. The summed E-state index contributed by atoms with van der Waals surface area (Å²) in [4.78, 5) is 36.4. The van der Waals surface area contributed by atoms with E-state index < -0.39 is 35.2 Å². The van der Waals surface area contributed by atoms with Crippen molar-refractivity contribution in [3.63, 3.8) is 0 Å². The van der Waals surface area contributed by atoms with Crippen molar-refractivity contribution in [2.45, 2.75) is 79.6 Å². The molecule has 0 radical (unpaired) electrons. The Morgan fingerprint density at radius 3 is 1.61 bits per heavy atom. The van der Waals surface area contributed by atoms with Crippen LogP contribution in [0.1, 0.15) is 62.3 Å². The van der Waals surface area contributed by atoms with E-state index >= 15 is 0 Å². The van der Waals surface area contributed by atoms with Crippen LogP contribution in [-0.2, 0) is 19.1 Å². The molecule has 0 aromatic carbocycles. The zero-order chi connectivity index (χ0) is 18.6. The first-order valence-corrected chi connectivity index (χ1v) is 7.87. The normalized spacial score (nSPS) is 14.9. The summed E-state index contributed by atoms with van der Waals surface area (Å²) >= 11 is 0. The summed E-state index contributed by atoms with van der Waals surface area (Å²) < 4.78 is 10.5. The lowest BCUT2D eigenvalue weighted by molar-refractivity contribution is -0.163. The van der Waals surface area contributed by atoms with Gasteiger partial charge in [0.15, 0.2) is 0 Å². The third-order valence-electron chi connectivity index (χ3n) is 2.86. The molecular formula is C17H31NO5. The van der Waals surface area contributed by atoms with Crippen molar-refractivity contribution in [1.29, 1.82) is 0 Å². The highest BCUT2D eigenvalue weighted by atomic mass is 16.6. The van der Waals surface area contributed by atoms with Gasteiger partial charge in [0.05, 0.1) is 6.04 Å². The van der Waals surface area contributed by atoms with Gasteiger partial charge in [-0.25, -0.2) is 4.79 Å². The maximum Gasteiger partial charge on any atom is 0.407 e. The molecule has 0 spiro atoms. The first kappa shape index (κ1) is 21.4. The maximum atomic E-state index is 12.4. The van der Waals surface area contributed by atoms with Gasteiger partial charge >= 0.3 is 12.1 Å². The van der Waals surface area contributed by atoms with Crippen LogP contribution < -0.4 is 5.32 Å². The van der Waals surface area contributed by atoms with E-state index in [0.29, 0.717) is 0 Å². The van der Waals surface area contributed by atoms with E-state index in [2.05, 4.69) is 5.32 Å². The molecule has 0 aromatic heterocycles. The van der Waals surface area contributed by atoms with E-state index in [1.807, 2.05) is 13.8 Å². The minimum Gasteiger partial charge on any atom is -0.459 e. The van der Waals surface area contributed by atoms with Crippen LogP contribution in [0, 0.1) is 11.8 Å². The van der Waals surface area contributed by atoms with Gasteiger partial charge in [0.25, 0.3) is 0 Å². The van der Waals surface area contributed by atoms with Crippen LogP contribution in [-0.4, -0.2) is 35.1 Å². The Labute approximate surface area is 139 Å². The summed E-state index contributed by atoms with van der Waals surface area (Å²) in [6, 6.07) is -0.697. The third-order valence-corrected chi connectivity index (χ3v) is 2.86. The zero-order valence-electron chi connectivity index (χ0n) is 15.8. The fourth-order valence-corrected chi connectivity index (χ4v) is 2.01. The molecule has 0 saturated heterocycles. The number of Topliss-reactive ketones (excluding diaryl/α,β-unsaturated/α-hetero) is 1. The van der Waals surface area contributed by atoms with Gasteiger partial charge in [-0.1, -0.05) is 13.8 Å². The van der Waals surface area contributed by atoms with Crippen LogP contribution in [0.5, 0.6) is 0 Å². The second kappa shape index (κ2) is 7.79. The van der Waals surface area contributed by atoms with Crippen molar-refractivity contribution >= 4 is 17.8 Å². The molecule has 1 amide bonds. The lowest BCUT2D eigenvalue weighted by Crippen LogP contribution is -2.51. The van der Waals surface area contributed by atoms with Crippen LogP contribution in [0.2, 0.25) is 0 Å². The molecule has 134 valence electrons. The van der Waals surface area contributed by atoms with Crippen molar-refractivity contribution in [1.82, 2.24) is 5.32 Å². The minimum absolute atomic E-state index is 0.149. The lowest BCUT2D eigenvalue weighted by Gasteiger charge is -2.31. The fraction of sp³-hybridized carbons (Fsp3) is 0.824. The van der Waals surface area contributed by atoms with Gasteiger partial charge in [0.2, 0.25) is 0 Å². The second-order valence-electron chi connectivity index (χ2n) is 8.04. The van der Waals surface area contributed by atoms with Gasteiger partial charge in [0, 0.05) is 0 Å². The third kappa shape index (κ3) is 8.57. The van der Waals surface area contributed by atoms with E-state index in [1.165, 1.54) is 6.92 Å². The van der Waals surface area contributed by atoms with E-state index in [-0.39, 0.29) is 11.7 Å². The molecule has 1 N–H and O–H groups in total. The average Bonchev–Trinajstić information content (AvgIpc) is 2.21. The number of alkyl carbamates (subject to hydrolysis) is 1. The Balaban J connectivity index is 5.31. The van der Waals surface area contributed by atoms with Crippen molar-refractivity contribution in [2.75, 3.05) is 0 Å². The number of esters is 1. The predicted octanol–water partition coefficient (Wildman–Crippen LogP) is 3.08. The Kier molecular flexibility index (Phi) is 7.26. The number of hydrogen-bond donors (Lipinski definition) is 1. The molecule has 0 bridgehead atoms. The van der Waals surface area contributed by atoms with Crippen LogP contribution in [0.25, 0.3) is 0 Å². The lowest BCUT2D eigenvalue weighted by atomic mass is 9.87. The summed E-state index contributed by atoms with van der Waals surface area (Å²) in [6.07, 6.45) is -0.661. The van der Waals surface area contributed by atoms with Gasteiger partial charge < -0.3 is 14.8 Å². The van der Waals surface area contributed by atoms with Crippen molar-refractivity contribution in [2.24, 2.45) is 11.8 Å². The Hall–Kier alpha value is -1.59. The highest BCUT2D eigenvalue weighted by Crippen LogP contribution is 2.20. The van der Waals surface area contributed by atoms with Crippen LogP contribution in [0.15, 0.2) is 0 Å². The molecule has 0 aliphatic heterocycles. The fourth-order valence-electron chi connectivity index (χ4n) is 2.01. The molecule has 0 aliphatic rings. The standard InChI is InChI=1S/C17H31NO5/c1-10(2)13(18-15(21)23-17(7,8)9)12(11(3)19)14(20)22-16(4,5)6/h10,12-13H,1-9H3,(H,18,21). The number of ketones is 1. The Bertz CT molecular complexity index is 443. The number of nitrogens with one attached hydrogen (secondary N) is 1. The maximum absolute atomic E-state index is 12.4. The van der Waals surface area contributed by atoms with Gasteiger partial charge in [0.1, 0.15) is 22.9 Å². The highest BCUT2D eigenvalue weighted by molar-refractivity contribution is 5.99. The molecule has 0 heterocycles. The zero-order valence-corrected chi connectivity index (χ0v) is 15.8. The molecule has 6 heteroatoms. The minimum atomic E-state index is -1.07. The van der Waals surface area contributed by atoms with Crippen molar-refractivity contribution in [3.05, 3.63) is 0 Å². The van der Waals surface area contributed by atoms with Crippen LogP contribution >= 0.6 is 0 Å². The number of hydrogen-bond acceptors (Lipinski definition) is 5. The first-order valence-electron chi connectivity index (χ1n) is 7.87. The van der Waals surface area contributed by atoms with E-state index in [9.17, 15) is 14.4 Å². The Morgan fingerprint density at radius 2 is 1.30 bits per heavy atom. The summed E-state index contributed by atoms with van der Waals surface area (Å²) in [7, 11) is 0. The predicted molar refractivity (Wildman–Crippen MR) is 88.0 cm³/mol. The SMILES string of the molecule is CC(=O)C(C(=O)OC(C)(C)C)C(NC(=O)OC(C)(C)C)C(C)C. The summed E-state index contributed by atoms with van der Waals surface area (Å²) in [5, 5.41) is 2.64. The summed E-state index contributed by atoms with van der Waals surface area (Å²) in [6.45, 7) is 15.4. The smallest absolute Gasteiger partial charge is 0.407 e. The summed E-state index contributed by atoms with van der Waals surface area (Å²) in [5.74, 6) is -2.21. The molecule has 0 rings (SSSR count). The van der Waals surface area contributed by atoms with Gasteiger partial charge in [-0.05, 0) is 54.4 Å². The Morgan fingerprint density at radius 1 is 0.870 bits per heavy atom. The highest BCUT2D eigenvalue weighted by Gasteiger charge is 2.39. The monoisotopic (exact) mass is 329 g/mol. The van der Waals surface area contributed by atoms with Gasteiger partial charge in [-0.2, -0.15) is 0 Å². The second-order valence-corrected chi connectivity index (χ2v) is 8.04. The number of rotatable bonds is 5. The molecule has 0 aliphatic carbocycles. The van der Waals surface area contributed by atoms with Crippen molar-refractivity contribution in [3.8, 4) is 0 Å². The average molecular weight is 329 g/mol. The molecule has 0 saturated carbocycles. The molecule has 0 aromatic rings. The quantitative estimate of drug-likeness (QED) is 0.619. The molecule has 2 unspecified atom stereocenters. The van der Waals surface area contributed by atoms with E-state index in [4.69, 9.17) is 9.47 Å². The van der Waals surface area contributed by atoms with Crippen LogP contribution in [0.3, 0.4) is 0 Å². The van der Waals surface area contributed by atoms with Crippen LogP contribution in [0.4, 0.5) is 4.79 Å². The number of ether oxygens (including phenoxy) is 2. The number of amides is 1. The van der Waals surface area contributed by atoms with Gasteiger partial charge in [-0.3, -0.25) is 9.59 Å². The largest absolute Gasteiger partial charge is 0.459 e. The molecular weight excluding hydrogens is 298 g/mol. The summed E-state index contributed by atoms with van der Waals surface area (Å²) in [5.41, 5.74) is -1.37.